The maximum Gasteiger partial charge on any atom is 0.416 e. The number of nitrogens with one attached hydrogen (secondary N) is 1. The van der Waals surface area contributed by atoms with E-state index < -0.39 is 59.3 Å². The predicted octanol–water partition coefficient (Wildman–Crippen LogP) is 3.68. The molecule has 0 aliphatic heterocycles. The van der Waals surface area contributed by atoms with E-state index in [0.717, 1.165) is 7.11 Å². The van der Waals surface area contributed by atoms with Gasteiger partial charge in [0, 0.05) is 12.8 Å². The van der Waals surface area contributed by atoms with Crippen molar-refractivity contribution in [1.82, 2.24) is 5.32 Å². The minimum absolute atomic E-state index is 0.0157. The third-order valence-corrected chi connectivity index (χ3v) is 4.78. The maximum absolute atomic E-state index is 13.0. The summed E-state index contributed by atoms with van der Waals surface area (Å²) in [7, 11) is 1.06. The van der Waals surface area contributed by atoms with Gasteiger partial charge in [0.25, 0.3) is 0 Å². The Morgan fingerprint density at radius 1 is 1.10 bits per heavy atom. The molecule has 5 nitrogen and oxygen atoms in total. The van der Waals surface area contributed by atoms with Crippen LogP contribution in [0.1, 0.15) is 42.4 Å². The second-order valence-electron chi connectivity index (χ2n) is 7.05. The summed E-state index contributed by atoms with van der Waals surface area (Å²) in [6.45, 7) is 0. The first-order chi connectivity index (χ1) is 13.8. The van der Waals surface area contributed by atoms with Crippen LogP contribution in [-0.4, -0.2) is 30.8 Å². The number of benzene rings is 1. The molecule has 1 N–H and O–H groups in total. The number of amides is 1. The molecule has 1 fully saturated rings. The van der Waals surface area contributed by atoms with Crippen molar-refractivity contribution < 1.29 is 45.5 Å². The quantitative estimate of drug-likeness (QED) is 0.561. The minimum atomic E-state index is -5.04. The fourth-order valence-electron chi connectivity index (χ4n) is 3.37. The molecule has 0 heterocycles. The Kier molecular flexibility index (Phi) is 7.14. The third kappa shape index (κ3) is 6.20. The normalized spacial score (nSPS) is 18.6. The van der Waals surface area contributed by atoms with E-state index in [4.69, 9.17) is 0 Å². The summed E-state index contributed by atoms with van der Waals surface area (Å²) < 4.78 is 82.3. The molecule has 0 radical (unpaired) electrons. The standard InChI is InChI=1S/C19H19F6NO4/c1-30-17(29)16(11-3-2-4-14(27)8-11)26-15(28)7-10-5-12(18(20,21)22)9-13(6-10)19(23,24)25/h5-6,9,11,16H,2-4,7-8H2,1H3,(H,26,28)/t11-,16+/m1/s1. The molecule has 0 saturated heterocycles. The number of hydrogen-bond acceptors (Lipinski definition) is 4. The van der Waals surface area contributed by atoms with Gasteiger partial charge < -0.3 is 10.1 Å². The average molecular weight is 439 g/mol. The number of esters is 1. The Labute approximate surface area is 167 Å². The first kappa shape index (κ1) is 23.7. The third-order valence-electron chi connectivity index (χ3n) is 4.78. The topological polar surface area (TPSA) is 72.5 Å². The van der Waals surface area contributed by atoms with E-state index >= 15 is 0 Å². The number of hydrogen-bond donors (Lipinski definition) is 1. The fraction of sp³-hybridized carbons (Fsp3) is 0.526. The van der Waals surface area contributed by atoms with Crippen molar-refractivity contribution >= 4 is 17.7 Å². The summed E-state index contributed by atoms with van der Waals surface area (Å²) in [5.41, 5.74) is -3.59. The summed E-state index contributed by atoms with van der Waals surface area (Å²) in [5.74, 6) is -2.48. The molecule has 0 aromatic heterocycles. The van der Waals surface area contributed by atoms with Gasteiger partial charge >= 0.3 is 18.3 Å². The van der Waals surface area contributed by atoms with E-state index in [0.29, 0.717) is 31.4 Å². The van der Waals surface area contributed by atoms with E-state index in [1.54, 1.807) is 0 Å². The summed E-state index contributed by atoms with van der Waals surface area (Å²) in [6, 6.07) is -0.357. The molecule has 1 amide bonds. The van der Waals surface area contributed by atoms with Gasteiger partial charge in [-0.3, -0.25) is 9.59 Å². The lowest BCUT2D eigenvalue weighted by Crippen LogP contribution is -2.48. The van der Waals surface area contributed by atoms with Crippen molar-refractivity contribution in [3.63, 3.8) is 0 Å². The van der Waals surface area contributed by atoms with Gasteiger partial charge in [-0.1, -0.05) is 0 Å². The van der Waals surface area contributed by atoms with Crippen LogP contribution in [-0.2, 0) is 37.9 Å². The van der Waals surface area contributed by atoms with Crippen molar-refractivity contribution in [2.45, 2.75) is 50.5 Å². The Balaban J connectivity index is 2.24. The van der Waals surface area contributed by atoms with Crippen LogP contribution in [0.25, 0.3) is 0 Å². The van der Waals surface area contributed by atoms with Crippen LogP contribution in [0.3, 0.4) is 0 Å². The van der Waals surface area contributed by atoms with Crippen LogP contribution in [0.5, 0.6) is 0 Å². The largest absolute Gasteiger partial charge is 0.467 e. The van der Waals surface area contributed by atoms with Gasteiger partial charge in [0.15, 0.2) is 0 Å². The molecule has 2 atom stereocenters. The van der Waals surface area contributed by atoms with Crippen LogP contribution in [0, 0.1) is 5.92 Å². The summed E-state index contributed by atoms with van der Waals surface area (Å²) in [6.07, 6.45) is -9.61. The molecule has 11 heteroatoms. The molecule has 166 valence electrons. The number of carbonyl (C=O) groups is 3. The zero-order valence-corrected chi connectivity index (χ0v) is 15.8. The molecule has 2 rings (SSSR count). The smallest absolute Gasteiger partial charge is 0.416 e. The van der Waals surface area contributed by atoms with E-state index in [9.17, 15) is 40.7 Å². The zero-order chi connectivity index (χ0) is 22.7. The van der Waals surface area contributed by atoms with Gasteiger partial charge in [-0.2, -0.15) is 26.3 Å². The first-order valence-electron chi connectivity index (χ1n) is 8.98. The van der Waals surface area contributed by atoms with Crippen LogP contribution in [0.2, 0.25) is 0 Å². The number of ketones is 1. The monoisotopic (exact) mass is 439 g/mol. The van der Waals surface area contributed by atoms with E-state index in [1.807, 2.05) is 0 Å². The number of Topliss-reactive ketones (excluding diaryl/α,β-unsaturated/α-hetero) is 1. The molecule has 0 bridgehead atoms. The lowest BCUT2D eigenvalue weighted by molar-refractivity contribution is -0.147. The molecule has 1 saturated carbocycles. The van der Waals surface area contributed by atoms with Crippen molar-refractivity contribution in [2.75, 3.05) is 7.11 Å². The number of alkyl halides is 6. The van der Waals surface area contributed by atoms with Gasteiger partial charge in [-0.15, -0.1) is 0 Å². The van der Waals surface area contributed by atoms with Crippen molar-refractivity contribution in [3.8, 4) is 0 Å². The average Bonchev–Trinajstić information content (AvgIpc) is 2.63. The number of ether oxygens (including phenoxy) is 1. The molecule has 0 spiro atoms. The molecule has 1 aromatic rings. The fourth-order valence-corrected chi connectivity index (χ4v) is 3.37. The Morgan fingerprint density at radius 2 is 1.67 bits per heavy atom. The molecule has 1 aliphatic rings. The lowest BCUT2D eigenvalue weighted by atomic mass is 9.83. The number of halogens is 6. The van der Waals surface area contributed by atoms with Crippen LogP contribution in [0.15, 0.2) is 18.2 Å². The Hall–Kier alpha value is -2.59. The van der Waals surface area contributed by atoms with Gasteiger partial charge in [0.05, 0.1) is 24.7 Å². The van der Waals surface area contributed by atoms with Crippen LogP contribution >= 0.6 is 0 Å². The van der Waals surface area contributed by atoms with Gasteiger partial charge in [0.1, 0.15) is 11.8 Å². The lowest BCUT2D eigenvalue weighted by Gasteiger charge is -2.28. The predicted molar refractivity (Wildman–Crippen MR) is 91.1 cm³/mol. The Bertz CT molecular complexity index is 786. The maximum atomic E-state index is 13.0. The first-order valence-corrected chi connectivity index (χ1v) is 8.98. The highest BCUT2D eigenvalue weighted by Gasteiger charge is 2.38. The number of rotatable bonds is 5. The molecule has 1 aliphatic carbocycles. The summed E-state index contributed by atoms with van der Waals surface area (Å²) in [4.78, 5) is 36.0. The van der Waals surface area contributed by atoms with E-state index in [1.165, 1.54) is 0 Å². The number of methoxy groups -OCH3 is 1. The summed E-state index contributed by atoms with van der Waals surface area (Å²) in [5, 5.41) is 2.29. The van der Waals surface area contributed by atoms with Gasteiger partial charge in [-0.05, 0) is 42.5 Å². The van der Waals surface area contributed by atoms with Gasteiger partial charge in [0.2, 0.25) is 5.91 Å². The molecular formula is C19H19F6NO4. The van der Waals surface area contributed by atoms with Crippen LogP contribution in [0.4, 0.5) is 26.3 Å². The summed E-state index contributed by atoms with van der Waals surface area (Å²) >= 11 is 0. The van der Waals surface area contributed by atoms with Gasteiger partial charge in [-0.25, -0.2) is 4.79 Å². The minimum Gasteiger partial charge on any atom is -0.467 e. The SMILES string of the molecule is COC(=O)[C@@H](NC(=O)Cc1cc(C(F)(F)F)cc(C(F)(F)F)c1)[C@@H]1CCCC(=O)C1. The number of carbonyl (C=O) groups excluding carboxylic acids is 3. The van der Waals surface area contributed by atoms with E-state index in [2.05, 4.69) is 10.1 Å². The molecular weight excluding hydrogens is 420 g/mol. The van der Waals surface area contributed by atoms with E-state index in [-0.39, 0.29) is 18.3 Å². The highest BCUT2D eigenvalue weighted by atomic mass is 19.4. The molecule has 30 heavy (non-hydrogen) atoms. The van der Waals surface area contributed by atoms with Crippen molar-refractivity contribution in [2.24, 2.45) is 5.92 Å². The molecule has 1 aromatic carbocycles. The second-order valence-corrected chi connectivity index (χ2v) is 7.05. The highest BCUT2D eigenvalue weighted by Crippen LogP contribution is 2.36. The van der Waals surface area contributed by atoms with Crippen molar-refractivity contribution in [1.29, 1.82) is 0 Å². The highest BCUT2D eigenvalue weighted by molar-refractivity contribution is 5.87. The Morgan fingerprint density at radius 3 is 2.13 bits per heavy atom. The molecule has 0 unspecified atom stereocenters. The van der Waals surface area contributed by atoms with Crippen molar-refractivity contribution in [3.05, 3.63) is 34.9 Å². The zero-order valence-electron chi connectivity index (χ0n) is 15.8. The van der Waals surface area contributed by atoms with Crippen LogP contribution < -0.4 is 5.32 Å². The second kappa shape index (κ2) is 9.05.